The summed E-state index contributed by atoms with van der Waals surface area (Å²) in [5.74, 6) is 0. The Kier molecular flexibility index (Phi) is 2.43. The lowest BCUT2D eigenvalue weighted by Gasteiger charge is -2.15. The van der Waals surface area contributed by atoms with E-state index in [1.54, 1.807) is 0 Å². The zero-order chi connectivity index (χ0) is 7.49. The molecule has 0 aromatic heterocycles. The van der Waals surface area contributed by atoms with Crippen molar-refractivity contribution in [2.45, 2.75) is 20.8 Å². The van der Waals surface area contributed by atoms with E-state index in [1.165, 1.54) is 0 Å². The van der Waals surface area contributed by atoms with Crippen LogP contribution in [0.25, 0.3) is 0 Å². The maximum Gasteiger partial charge on any atom is 0.149 e. The Balaban J connectivity index is 4.32. The summed E-state index contributed by atoms with van der Waals surface area (Å²) in [6.45, 7) is 5.59. The first-order valence-electron chi connectivity index (χ1n) is 2.82. The molecule has 0 aromatic carbocycles. The first kappa shape index (κ1) is 8.21. The van der Waals surface area contributed by atoms with Gasteiger partial charge in [-0.25, -0.2) is 0 Å². The van der Waals surface area contributed by atoms with E-state index in [-0.39, 0.29) is 5.41 Å². The quantitative estimate of drug-likeness (QED) is 0.331. The van der Waals surface area contributed by atoms with Gasteiger partial charge in [-0.1, -0.05) is 20.8 Å². The number of hydrogen-bond acceptors (Lipinski definition) is 2. The van der Waals surface area contributed by atoms with Gasteiger partial charge in [-0.15, -0.1) is 0 Å². The molecule has 0 bridgehead atoms. The van der Waals surface area contributed by atoms with Gasteiger partial charge in [-0.05, 0) is 5.41 Å². The maximum atomic E-state index is 10.2. The highest BCUT2D eigenvalue weighted by molar-refractivity contribution is 5.74. The van der Waals surface area contributed by atoms with Crippen LogP contribution in [0.4, 0.5) is 0 Å². The van der Waals surface area contributed by atoms with Crippen LogP contribution < -0.4 is 0 Å². The SMILES string of the molecule is CC(C)(C)/C(C=O)=C\O. The van der Waals surface area contributed by atoms with E-state index < -0.39 is 0 Å². The van der Waals surface area contributed by atoms with Crippen molar-refractivity contribution in [2.75, 3.05) is 0 Å². The number of allylic oxidation sites excluding steroid dienone is 1. The van der Waals surface area contributed by atoms with Crippen molar-refractivity contribution >= 4 is 6.29 Å². The van der Waals surface area contributed by atoms with Crippen LogP contribution in [0.2, 0.25) is 0 Å². The molecule has 9 heavy (non-hydrogen) atoms. The molecular weight excluding hydrogens is 116 g/mol. The minimum atomic E-state index is -0.240. The van der Waals surface area contributed by atoms with Crippen molar-refractivity contribution in [3.63, 3.8) is 0 Å². The molecule has 2 heteroatoms. The molecule has 0 atom stereocenters. The number of hydrogen-bond donors (Lipinski definition) is 1. The monoisotopic (exact) mass is 128 g/mol. The highest BCUT2D eigenvalue weighted by Gasteiger charge is 2.15. The van der Waals surface area contributed by atoms with Gasteiger partial charge in [0.1, 0.15) is 6.29 Å². The Bertz CT molecular complexity index is 128. The summed E-state index contributed by atoms with van der Waals surface area (Å²) in [6.07, 6.45) is 1.52. The first-order valence-corrected chi connectivity index (χ1v) is 2.82. The van der Waals surface area contributed by atoms with E-state index in [9.17, 15) is 4.79 Å². The molecule has 0 heterocycles. The number of aldehydes is 1. The third-order valence-electron chi connectivity index (χ3n) is 1.13. The van der Waals surface area contributed by atoms with Crippen molar-refractivity contribution in [1.82, 2.24) is 0 Å². The fourth-order valence-electron chi connectivity index (χ4n) is 0.401. The molecule has 0 unspecified atom stereocenters. The molecule has 0 saturated carbocycles. The van der Waals surface area contributed by atoms with E-state index in [1.807, 2.05) is 20.8 Å². The van der Waals surface area contributed by atoms with Crippen LogP contribution in [0.1, 0.15) is 20.8 Å². The van der Waals surface area contributed by atoms with Crippen LogP contribution in [0.15, 0.2) is 11.8 Å². The van der Waals surface area contributed by atoms with Crippen molar-refractivity contribution in [2.24, 2.45) is 5.41 Å². The van der Waals surface area contributed by atoms with E-state index in [0.717, 1.165) is 6.26 Å². The third kappa shape index (κ3) is 2.31. The summed E-state index contributed by atoms with van der Waals surface area (Å²) < 4.78 is 0. The standard InChI is InChI=1S/C7H12O2/c1-7(2,3)6(4-8)5-9/h4-5,8H,1-3H3/b6-4-. The Morgan fingerprint density at radius 3 is 1.89 bits per heavy atom. The normalized spacial score (nSPS) is 13.4. The Labute approximate surface area is 55.2 Å². The molecule has 0 amide bonds. The van der Waals surface area contributed by atoms with Crippen LogP contribution >= 0.6 is 0 Å². The molecule has 0 aliphatic carbocycles. The fourth-order valence-corrected chi connectivity index (χ4v) is 0.401. The zero-order valence-electron chi connectivity index (χ0n) is 6.01. The van der Waals surface area contributed by atoms with E-state index in [4.69, 9.17) is 5.11 Å². The summed E-state index contributed by atoms with van der Waals surface area (Å²) in [5.41, 5.74) is 0.179. The molecule has 0 spiro atoms. The predicted molar refractivity (Wildman–Crippen MR) is 36.2 cm³/mol. The van der Waals surface area contributed by atoms with Crippen LogP contribution in [0.5, 0.6) is 0 Å². The first-order chi connectivity index (χ1) is 4.02. The zero-order valence-corrected chi connectivity index (χ0v) is 6.01. The molecule has 0 rings (SSSR count). The molecule has 0 saturated heterocycles. The summed E-state index contributed by atoms with van der Waals surface area (Å²) in [5, 5.41) is 8.47. The Morgan fingerprint density at radius 1 is 1.44 bits per heavy atom. The van der Waals surface area contributed by atoms with Gasteiger partial charge >= 0.3 is 0 Å². The van der Waals surface area contributed by atoms with Gasteiger partial charge < -0.3 is 5.11 Å². The van der Waals surface area contributed by atoms with Crippen molar-refractivity contribution in [1.29, 1.82) is 0 Å². The van der Waals surface area contributed by atoms with Crippen LogP contribution in [-0.4, -0.2) is 11.4 Å². The molecule has 1 N–H and O–H groups in total. The minimum absolute atomic E-state index is 0.240. The lowest BCUT2D eigenvalue weighted by molar-refractivity contribution is -0.105. The number of carbonyl (C=O) groups excluding carboxylic acids is 1. The van der Waals surface area contributed by atoms with Crippen LogP contribution in [0, 0.1) is 5.41 Å². The lowest BCUT2D eigenvalue weighted by atomic mass is 9.88. The molecule has 52 valence electrons. The average molecular weight is 128 g/mol. The summed E-state index contributed by atoms with van der Waals surface area (Å²) in [4.78, 5) is 10.2. The van der Waals surface area contributed by atoms with Crippen molar-refractivity contribution in [3.8, 4) is 0 Å². The van der Waals surface area contributed by atoms with E-state index in [2.05, 4.69) is 0 Å². The molecule has 0 aromatic rings. The lowest BCUT2D eigenvalue weighted by Crippen LogP contribution is -2.10. The topological polar surface area (TPSA) is 37.3 Å². The predicted octanol–water partition coefficient (Wildman–Crippen LogP) is 1.67. The van der Waals surface area contributed by atoms with Crippen molar-refractivity contribution < 1.29 is 9.90 Å². The van der Waals surface area contributed by atoms with E-state index in [0.29, 0.717) is 11.9 Å². The van der Waals surface area contributed by atoms with Gasteiger partial charge in [0.2, 0.25) is 0 Å². The second-order valence-electron chi connectivity index (χ2n) is 2.95. The van der Waals surface area contributed by atoms with Crippen LogP contribution in [0.3, 0.4) is 0 Å². The second-order valence-corrected chi connectivity index (χ2v) is 2.95. The van der Waals surface area contributed by atoms with Crippen LogP contribution in [-0.2, 0) is 4.79 Å². The van der Waals surface area contributed by atoms with Crippen molar-refractivity contribution in [3.05, 3.63) is 11.8 Å². The summed E-state index contributed by atoms with van der Waals surface area (Å²) in [7, 11) is 0. The molecule has 0 aliphatic rings. The molecule has 0 radical (unpaired) electrons. The highest BCUT2D eigenvalue weighted by Crippen LogP contribution is 2.21. The fraction of sp³-hybridized carbons (Fsp3) is 0.571. The number of rotatable bonds is 1. The van der Waals surface area contributed by atoms with Gasteiger partial charge in [0.25, 0.3) is 0 Å². The van der Waals surface area contributed by atoms with E-state index >= 15 is 0 Å². The largest absolute Gasteiger partial charge is 0.515 e. The molecule has 2 nitrogen and oxygen atoms in total. The summed E-state index contributed by atoms with van der Waals surface area (Å²) >= 11 is 0. The average Bonchev–Trinajstić information content (AvgIpc) is 1.65. The molecule has 0 fully saturated rings. The minimum Gasteiger partial charge on any atom is -0.515 e. The number of carbonyl (C=O) groups is 1. The van der Waals surface area contributed by atoms with Gasteiger partial charge in [0.15, 0.2) is 0 Å². The second kappa shape index (κ2) is 2.67. The Hall–Kier alpha value is -0.790. The molecular formula is C7H12O2. The number of aliphatic hydroxyl groups is 1. The van der Waals surface area contributed by atoms with Gasteiger partial charge in [-0.3, -0.25) is 4.79 Å². The van der Waals surface area contributed by atoms with Gasteiger partial charge in [0.05, 0.1) is 6.26 Å². The Morgan fingerprint density at radius 2 is 1.89 bits per heavy atom. The number of aliphatic hydroxyl groups excluding tert-OH is 1. The smallest absolute Gasteiger partial charge is 0.149 e. The molecule has 0 aliphatic heterocycles. The third-order valence-corrected chi connectivity index (χ3v) is 1.13. The highest BCUT2D eigenvalue weighted by atomic mass is 16.2. The summed E-state index contributed by atoms with van der Waals surface area (Å²) in [6, 6.07) is 0. The maximum absolute atomic E-state index is 10.2. The van der Waals surface area contributed by atoms with Gasteiger partial charge in [-0.2, -0.15) is 0 Å². The van der Waals surface area contributed by atoms with Gasteiger partial charge in [0, 0.05) is 5.57 Å².